The average molecular weight is 348 g/mol. The Morgan fingerprint density at radius 3 is 2.75 bits per heavy atom. The van der Waals surface area contributed by atoms with E-state index in [1.807, 2.05) is 6.07 Å². The highest BCUT2D eigenvalue weighted by Gasteiger charge is 2.21. The summed E-state index contributed by atoms with van der Waals surface area (Å²) in [7, 11) is 1.63. The van der Waals surface area contributed by atoms with E-state index in [0.29, 0.717) is 31.9 Å². The molecule has 2 rings (SSSR count). The third-order valence-corrected chi connectivity index (χ3v) is 4.88. The number of hydrogen-bond acceptors (Lipinski definition) is 3. The van der Waals surface area contributed by atoms with Gasteiger partial charge in [-0.15, -0.1) is 11.3 Å². The molecule has 2 aromatic rings. The fourth-order valence-corrected chi connectivity index (χ4v) is 4.11. The van der Waals surface area contributed by atoms with Crippen molar-refractivity contribution in [2.24, 2.45) is 0 Å². The molecule has 1 amide bonds. The minimum absolute atomic E-state index is 0.223. The lowest BCUT2D eigenvalue weighted by molar-refractivity contribution is 0.0803. The van der Waals surface area contributed by atoms with E-state index in [4.69, 9.17) is 40.1 Å². The number of hydrogen-bond donors (Lipinski definition) is 0. The van der Waals surface area contributed by atoms with Crippen molar-refractivity contribution in [3.63, 3.8) is 0 Å². The maximum absolute atomic E-state index is 12.3. The number of nitrogens with zero attached hydrogens (tertiary/aromatic N) is 2. The summed E-state index contributed by atoms with van der Waals surface area (Å²) in [6, 6.07) is 5.32. The maximum atomic E-state index is 12.3. The molecule has 0 aliphatic rings. The van der Waals surface area contributed by atoms with Gasteiger partial charge in [-0.2, -0.15) is 5.26 Å². The predicted octanol–water partition coefficient (Wildman–Crippen LogP) is 4.85. The van der Waals surface area contributed by atoms with Crippen LogP contribution in [0.15, 0.2) is 12.1 Å². The monoisotopic (exact) mass is 346 g/mol. The van der Waals surface area contributed by atoms with E-state index in [1.54, 1.807) is 19.2 Å². The fraction of sp³-hybridized carbons (Fsp3) is 0.231. The van der Waals surface area contributed by atoms with Gasteiger partial charge < -0.3 is 4.90 Å². The molecule has 20 heavy (non-hydrogen) atoms. The van der Waals surface area contributed by atoms with Gasteiger partial charge in [-0.1, -0.05) is 34.8 Å². The molecule has 0 bridgehead atoms. The Kier molecular flexibility index (Phi) is 4.77. The number of rotatable bonds is 3. The zero-order valence-corrected chi connectivity index (χ0v) is 13.5. The molecule has 104 valence electrons. The quantitative estimate of drug-likeness (QED) is 0.797. The van der Waals surface area contributed by atoms with Crippen LogP contribution >= 0.6 is 46.1 Å². The van der Waals surface area contributed by atoms with Crippen LogP contribution in [0, 0.1) is 11.3 Å². The number of amides is 1. The van der Waals surface area contributed by atoms with E-state index >= 15 is 0 Å². The van der Waals surface area contributed by atoms with Crippen LogP contribution in [-0.2, 0) is 0 Å². The van der Waals surface area contributed by atoms with E-state index in [1.165, 1.54) is 16.2 Å². The van der Waals surface area contributed by atoms with Gasteiger partial charge in [-0.3, -0.25) is 4.79 Å². The molecule has 0 N–H and O–H groups in total. The molecule has 0 saturated carbocycles. The molecule has 0 fully saturated rings. The Balaban J connectivity index is 2.46. The van der Waals surface area contributed by atoms with E-state index in [-0.39, 0.29) is 12.3 Å². The van der Waals surface area contributed by atoms with Crippen molar-refractivity contribution >= 4 is 62.1 Å². The number of fused-ring (bicyclic) bond motifs is 1. The molecule has 0 unspecified atom stereocenters. The first kappa shape index (κ1) is 15.4. The van der Waals surface area contributed by atoms with Crippen LogP contribution in [-0.4, -0.2) is 24.4 Å². The molecule has 7 heteroatoms. The van der Waals surface area contributed by atoms with Crippen molar-refractivity contribution in [1.29, 1.82) is 5.26 Å². The number of benzene rings is 1. The summed E-state index contributed by atoms with van der Waals surface area (Å²) in [6.45, 7) is 0.356. The van der Waals surface area contributed by atoms with Gasteiger partial charge in [0.25, 0.3) is 5.91 Å². The van der Waals surface area contributed by atoms with Gasteiger partial charge in [0.15, 0.2) is 0 Å². The first-order valence-electron chi connectivity index (χ1n) is 5.65. The van der Waals surface area contributed by atoms with Gasteiger partial charge >= 0.3 is 0 Å². The molecule has 1 aromatic carbocycles. The zero-order chi connectivity index (χ0) is 14.9. The number of carbonyl (C=O) groups excluding carboxylic acids is 1. The van der Waals surface area contributed by atoms with Gasteiger partial charge in [-0.25, -0.2) is 0 Å². The second-order valence-electron chi connectivity index (χ2n) is 4.14. The summed E-state index contributed by atoms with van der Waals surface area (Å²) < 4.78 is 0.768. The fourth-order valence-electron chi connectivity index (χ4n) is 1.74. The molecule has 0 aliphatic carbocycles. The minimum Gasteiger partial charge on any atom is -0.340 e. The summed E-state index contributed by atoms with van der Waals surface area (Å²) >= 11 is 19.6. The van der Waals surface area contributed by atoms with Crippen LogP contribution in [0.4, 0.5) is 0 Å². The molecule has 1 heterocycles. The standard InChI is InChI=1S/C13H9Cl3N2OS/c1-18(4-2-3-17)13(19)12-11(16)10-8(15)5-7(14)6-9(10)20-12/h5-6H,2,4H2,1H3. The highest BCUT2D eigenvalue weighted by Crippen LogP contribution is 2.41. The normalized spacial score (nSPS) is 10.6. The van der Waals surface area contributed by atoms with Gasteiger partial charge in [0.1, 0.15) is 4.88 Å². The molecule has 0 radical (unpaired) electrons. The Bertz CT molecular complexity index is 720. The van der Waals surface area contributed by atoms with Gasteiger partial charge in [-0.05, 0) is 12.1 Å². The lowest BCUT2D eigenvalue weighted by Crippen LogP contribution is -2.27. The Hall–Kier alpha value is -0.990. The second-order valence-corrected chi connectivity index (χ2v) is 6.41. The van der Waals surface area contributed by atoms with Gasteiger partial charge in [0.2, 0.25) is 0 Å². The molecule has 0 aliphatic heterocycles. The van der Waals surface area contributed by atoms with Crippen molar-refractivity contribution in [3.05, 3.63) is 32.1 Å². The highest BCUT2D eigenvalue weighted by molar-refractivity contribution is 7.21. The Morgan fingerprint density at radius 2 is 2.10 bits per heavy atom. The Morgan fingerprint density at radius 1 is 1.40 bits per heavy atom. The molecule has 0 saturated heterocycles. The van der Waals surface area contributed by atoms with Crippen molar-refractivity contribution < 1.29 is 4.79 Å². The average Bonchev–Trinajstić information content (AvgIpc) is 2.72. The van der Waals surface area contributed by atoms with E-state index in [0.717, 1.165) is 4.70 Å². The van der Waals surface area contributed by atoms with Gasteiger partial charge in [0.05, 0.1) is 22.5 Å². The first-order valence-corrected chi connectivity index (χ1v) is 7.60. The van der Waals surface area contributed by atoms with Crippen LogP contribution < -0.4 is 0 Å². The van der Waals surface area contributed by atoms with Gasteiger partial charge in [0, 0.05) is 28.7 Å². The number of nitriles is 1. The maximum Gasteiger partial charge on any atom is 0.265 e. The topological polar surface area (TPSA) is 44.1 Å². The van der Waals surface area contributed by atoms with Crippen molar-refractivity contribution in [2.45, 2.75) is 6.42 Å². The van der Waals surface area contributed by atoms with Crippen LogP contribution in [0.1, 0.15) is 16.1 Å². The minimum atomic E-state index is -0.223. The SMILES string of the molecule is CN(CCC#N)C(=O)c1sc2cc(Cl)cc(Cl)c2c1Cl. The van der Waals surface area contributed by atoms with E-state index < -0.39 is 0 Å². The second kappa shape index (κ2) is 6.19. The smallest absolute Gasteiger partial charge is 0.265 e. The van der Waals surface area contributed by atoms with E-state index in [9.17, 15) is 4.79 Å². The molecule has 1 aromatic heterocycles. The summed E-state index contributed by atoms with van der Waals surface area (Å²) in [5.74, 6) is -0.223. The summed E-state index contributed by atoms with van der Waals surface area (Å²) in [6.07, 6.45) is 0.275. The Labute approximate surface area is 135 Å². The molecule has 0 spiro atoms. The van der Waals surface area contributed by atoms with Crippen LogP contribution in [0.5, 0.6) is 0 Å². The number of halogens is 3. The van der Waals surface area contributed by atoms with Crippen LogP contribution in [0.2, 0.25) is 15.1 Å². The molecule has 0 atom stereocenters. The molecular weight excluding hydrogens is 339 g/mol. The third-order valence-electron chi connectivity index (χ3n) is 2.75. The van der Waals surface area contributed by atoms with Crippen molar-refractivity contribution in [3.8, 4) is 6.07 Å². The van der Waals surface area contributed by atoms with Crippen LogP contribution in [0.25, 0.3) is 10.1 Å². The number of thiophene rings is 1. The lowest BCUT2D eigenvalue weighted by atomic mass is 10.2. The van der Waals surface area contributed by atoms with Crippen molar-refractivity contribution in [1.82, 2.24) is 4.90 Å². The van der Waals surface area contributed by atoms with Crippen molar-refractivity contribution in [2.75, 3.05) is 13.6 Å². The number of carbonyl (C=O) groups is 1. The lowest BCUT2D eigenvalue weighted by Gasteiger charge is -2.14. The predicted molar refractivity (Wildman–Crippen MR) is 84.0 cm³/mol. The first-order chi connectivity index (χ1) is 9.45. The summed E-state index contributed by atoms with van der Waals surface area (Å²) in [4.78, 5) is 14.2. The largest absolute Gasteiger partial charge is 0.340 e. The molecular formula is C13H9Cl3N2OS. The summed E-state index contributed by atoms with van der Waals surface area (Å²) in [5.41, 5.74) is 0. The molecule has 3 nitrogen and oxygen atoms in total. The zero-order valence-electron chi connectivity index (χ0n) is 10.4. The summed E-state index contributed by atoms with van der Waals surface area (Å²) in [5, 5.41) is 10.5. The van der Waals surface area contributed by atoms with Crippen LogP contribution in [0.3, 0.4) is 0 Å². The van der Waals surface area contributed by atoms with E-state index in [2.05, 4.69) is 0 Å². The highest BCUT2D eigenvalue weighted by atomic mass is 35.5. The third kappa shape index (κ3) is 2.87.